The second-order valence-electron chi connectivity index (χ2n) is 4.80. The van der Waals surface area contributed by atoms with Crippen LogP contribution in [0.3, 0.4) is 0 Å². The van der Waals surface area contributed by atoms with Crippen molar-refractivity contribution in [1.29, 1.82) is 0 Å². The second-order valence-corrected chi connectivity index (χ2v) is 4.80. The lowest BCUT2D eigenvalue weighted by atomic mass is 10.2. The fourth-order valence-electron chi connectivity index (χ4n) is 2.34. The van der Waals surface area contributed by atoms with Gasteiger partial charge in [0.25, 0.3) is 0 Å². The van der Waals surface area contributed by atoms with Crippen LogP contribution in [0.4, 0.5) is 5.69 Å². The smallest absolute Gasteiger partial charge is 0.244 e. The van der Waals surface area contributed by atoms with E-state index in [9.17, 15) is 4.79 Å². The molecule has 98 valence electrons. The zero-order chi connectivity index (χ0) is 13.1. The summed E-state index contributed by atoms with van der Waals surface area (Å²) in [6.45, 7) is 1.36. The van der Waals surface area contributed by atoms with Gasteiger partial charge in [-0.3, -0.25) is 9.78 Å². The van der Waals surface area contributed by atoms with Crippen LogP contribution in [0.25, 0.3) is 0 Å². The molecule has 1 atom stereocenters. The van der Waals surface area contributed by atoms with Crippen molar-refractivity contribution in [2.24, 2.45) is 5.73 Å². The minimum atomic E-state index is -0.0504. The molecule has 0 radical (unpaired) electrons. The van der Waals surface area contributed by atoms with Crippen molar-refractivity contribution in [2.75, 3.05) is 25.5 Å². The third kappa shape index (κ3) is 2.46. The first-order valence-corrected chi connectivity index (χ1v) is 6.26. The molecular weight excluding hydrogens is 228 g/mol. The predicted octanol–water partition coefficient (Wildman–Crippen LogP) is 0.597. The number of carbonyl (C=O) groups is 1. The number of pyridine rings is 1. The molecule has 5 heteroatoms. The normalized spacial score (nSPS) is 19.1. The van der Waals surface area contributed by atoms with Gasteiger partial charge in [-0.1, -0.05) is 0 Å². The van der Waals surface area contributed by atoms with Crippen molar-refractivity contribution >= 4 is 11.6 Å². The highest BCUT2D eigenvalue weighted by Gasteiger charge is 2.31. The Labute approximate surface area is 108 Å². The number of likely N-dealkylation sites (N-methyl/N-ethyl adjacent to an activating group) is 1. The molecule has 1 aliphatic rings. The second kappa shape index (κ2) is 5.35. The lowest BCUT2D eigenvalue weighted by Gasteiger charge is -2.27. The van der Waals surface area contributed by atoms with Gasteiger partial charge in [-0.05, 0) is 25.0 Å². The summed E-state index contributed by atoms with van der Waals surface area (Å²) in [6.07, 6.45) is 3.77. The van der Waals surface area contributed by atoms with Crippen LogP contribution in [-0.4, -0.2) is 42.5 Å². The summed E-state index contributed by atoms with van der Waals surface area (Å²) >= 11 is 0. The van der Waals surface area contributed by atoms with E-state index in [0.29, 0.717) is 6.54 Å². The van der Waals surface area contributed by atoms with Crippen LogP contribution >= 0.6 is 0 Å². The number of hydrogen-bond donors (Lipinski definition) is 1. The summed E-state index contributed by atoms with van der Waals surface area (Å²) in [5, 5.41) is 0. The fourth-order valence-corrected chi connectivity index (χ4v) is 2.34. The van der Waals surface area contributed by atoms with Crippen LogP contribution in [0.1, 0.15) is 18.5 Å². The highest BCUT2D eigenvalue weighted by molar-refractivity contribution is 5.85. The standard InChI is InChI=1S/C13H20N4O/c1-16(2)13(18)12-4-3-7-17(12)11-6-5-10(8-14)15-9-11/h5-6,9,12H,3-4,7-8,14H2,1-2H3. The number of rotatable bonds is 3. The Morgan fingerprint density at radius 1 is 1.56 bits per heavy atom. The minimum absolute atomic E-state index is 0.0504. The van der Waals surface area contributed by atoms with Crippen LogP contribution in [0, 0.1) is 0 Å². The van der Waals surface area contributed by atoms with E-state index >= 15 is 0 Å². The van der Waals surface area contributed by atoms with Crippen molar-refractivity contribution < 1.29 is 4.79 Å². The Morgan fingerprint density at radius 3 is 2.89 bits per heavy atom. The molecule has 1 saturated heterocycles. The highest BCUT2D eigenvalue weighted by Crippen LogP contribution is 2.25. The molecular formula is C13H20N4O. The number of hydrogen-bond acceptors (Lipinski definition) is 4. The zero-order valence-electron chi connectivity index (χ0n) is 11.0. The van der Waals surface area contributed by atoms with E-state index in [0.717, 1.165) is 30.8 Å². The Balaban J connectivity index is 2.17. The zero-order valence-corrected chi connectivity index (χ0v) is 11.0. The highest BCUT2D eigenvalue weighted by atomic mass is 16.2. The molecule has 5 nitrogen and oxygen atoms in total. The lowest BCUT2D eigenvalue weighted by Crippen LogP contribution is -2.42. The van der Waals surface area contributed by atoms with Crippen molar-refractivity contribution in [2.45, 2.75) is 25.4 Å². The average Bonchev–Trinajstić information content (AvgIpc) is 2.87. The molecule has 0 saturated carbocycles. The van der Waals surface area contributed by atoms with Gasteiger partial charge in [-0.2, -0.15) is 0 Å². The third-order valence-corrected chi connectivity index (χ3v) is 3.33. The number of nitrogens with two attached hydrogens (primary N) is 1. The van der Waals surface area contributed by atoms with E-state index in [-0.39, 0.29) is 11.9 Å². The van der Waals surface area contributed by atoms with Gasteiger partial charge in [-0.25, -0.2) is 0 Å². The molecule has 1 aromatic rings. The molecule has 1 unspecified atom stereocenters. The van der Waals surface area contributed by atoms with Gasteiger partial charge < -0.3 is 15.5 Å². The Bertz CT molecular complexity index is 416. The largest absolute Gasteiger partial charge is 0.358 e. The van der Waals surface area contributed by atoms with Crippen molar-refractivity contribution in [3.63, 3.8) is 0 Å². The Hall–Kier alpha value is -1.62. The first-order chi connectivity index (χ1) is 8.63. The quantitative estimate of drug-likeness (QED) is 0.850. The Kier molecular flexibility index (Phi) is 3.81. The molecule has 0 aliphatic carbocycles. The molecule has 1 aliphatic heterocycles. The molecule has 18 heavy (non-hydrogen) atoms. The monoisotopic (exact) mass is 248 g/mol. The maximum atomic E-state index is 12.1. The maximum absolute atomic E-state index is 12.1. The number of anilines is 1. The summed E-state index contributed by atoms with van der Waals surface area (Å²) < 4.78 is 0. The summed E-state index contributed by atoms with van der Waals surface area (Å²) in [4.78, 5) is 20.2. The van der Waals surface area contributed by atoms with E-state index in [2.05, 4.69) is 9.88 Å². The number of nitrogens with zero attached hydrogens (tertiary/aromatic N) is 3. The molecule has 1 fully saturated rings. The van der Waals surface area contributed by atoms with Gasteiger partial charge in [0.15, 0.2) is 0 Å². The van der Waals surface area contributed by atoms with E-state index < -0.39 is 0 Å². The molecule has 1 aromatic heterocycles. The molecule has 2 heterocycles. The van der Waals surface area contributed by atoms with Crippen molar-refractivity contribution in [3.8, 4) is 0 Å². The van der Waals surface area contributed by atoms with Gasteiger partial charge in [0.1, 0.15) is 6.04 Å². The van der Waals surface area contributed by atoms with Gasteiger partial charge >= 0.3 is 0 Å². The molecule has 2 rings (SSSR count). The summed E-state index contributed by atoms with van der Waals surface area (Å²) in [6, 6.07) is 3.87. The van der Waals surface area contributed by atoms with Gasteiger partial charge in [0, 0.05) is 27.2 Å². The minimum Gasteiger partial charge on any atom is -0.358 e. The summed E-state index contributed by atoms with van der Waals surface area (Å²) in [5.74, 6) is 0.162. The predicted molar refractivity (Wildman–Crippen MR) is 71.2 cm³/mol. The van der Waals surface area contributed by atoms with Gasteiger partial charge in [-0.15, -0.1) is 0 Å². The summed E-state index contributed by atoms with van der Waals surface area (Å²) in [5.41, 5.74) is 7.41. The van der Waals surface area contributed by atoms with Gasteiger partial charge in [0.2, 0.25) is 5.91 Å². The van der Waals surface area contributed by atoms with Crippen LogP contribution in [0.5, 0.6) is 0 Å². The number of amides is 1. The van der Waals surface area contributed by atoms with E-state index in [4.69, 9.17) is 5.73 Å². The maximum Gasteiger partial charge on any atom is 0.244 e. The molecule has 0 aromatic carbocycles. The van der Waals surface area contributed by atoms with Gasteiger partial charge in [0.05, 0.1) is 17.6 Å². The number of aromatic nitrogens is 1. The van der Waals surface area contributed by atoms with E-state index in [1.807, 2.05) is 18.3 Å². The third-order valence-electron chi connectivity index (χ3n) is 3.33. The van der Waals surface area contributed by atoms with Crippen molar-refractivity contribution in [1.82, 2.24) is 9.88 Å². The summed E-state index contributed by atoms with van der Waals surface area (Å²) in [7, 11) is 3.60. The average molecular weight is 248 g/mol. The van der Waals surface area contributed by atoms with Crippen molar-refractivity contribution in [3.05, 3.63) is 24.0 Å². The number of carbonyl (C=O) groups excluding carboxylic acids is 1. The van der Waals surface area contributed by atoms with E-state index in [1.54, 1.807) is 19.0 Å². The van der Waals surface area contributed by atoms with Crippen LogP contribution in [-0.2, 0) is 11.3 Å². The molecule has 0 bridgehead atoms. The fraction of sp³-hybridized carbons (Fsp3) is 0.538. The Morgan fingerprint density at radius 2 is 2.33 bits per heavy atom. The first kappa shape index (κ1) is 12.8. The SMILES string of the molecule is CN(C)C(=O)C1CCCN1c1ccc(CN)nc1. The molecule has 0 spiro atoms. The van der Waals surface area contributed by atoms with E-state index in [1.165, 1.54) is 0 Å². The topological polar surface area (TPSA) is 62.5 Å². The molecule has 1 amide bonds. The van der Waals surface area contributed by atoms with Crippen LogP contribution in [0.2, 0.25) is 0 Å². The lowest BCUT2D eigenvalue weighted by molar-refractivity contribution is -0.129. The van der Waals surface area contributed by atoms with Crippen LogP contribution < -0.4 is 10.6 Å². The molecule has 2 N–H and O–H groups in total. The van der Waals surface area contributed by atoms with Crippen LogP contribution in [0.15, 0.2) is 18.3 Å². The first-order valence-electron chi connectivity index (χ1n) is 6.26.